The summed E-state index contributed by atoms with van der Waals surface area (Å²) in [6.45, 7) is 16.0. The summed E-state index contributed by atoms with van der Waals surface area (Å²) in [4.78, 5) is 8.64. The Balaban J connectivity index is 0.00000112. The summed E-state index contributed by atoms with van der Waals surface area (Å²) in [7, 11) is 0. The molecular weight excluding hydrogens is 286 g/mol. The third-order valence-electron chi connectivity index (χ3n) is 2.93. The lowest BCUT2D eigenvalue weighted by molar-refractivity contribution is 0.474. The van der Waals surface area contributed by atoms with Gasteiger partial charge in [-0.25, -0.2) is 4.99 Å². The lowest BCUT2D eigenvalue weighted by Crippen LogP contribution is -2.13. The molecule has 126 valence electrons. The van der Waals surface area contributed by atoms with Crippen molar-refractivity contribution in [3.8, 4) is 5.75 Å². The van der Waals surface area contributed by atoms with Gasteiger partial charge in [-0.1, -0.05) is 45.9 Å². The summed E-state index contributed by atoms with van der Waals surface area (Å²) in [5.41, 5.74) is 9.53. The molecule has 1 aliphatic rings. The van der Waals surface area contributed by atoms with Gasteiger partial charge in [0.05, 0.1) is 18.0 Å². The summed E-state index contributed by atoms with van der Waals surface area (Å²) < 4.78 is 0. The van der Waals surface area contributed by atoms with Crippen molar-refractivity contribution in [1.29, 1.82) is 0 Å². The molecule has 0 radical (unpaired) electrons. The Labute approximate surface area is 140 Å². The molecule has 1 aromatic rings. The molecule has 1 aliphatic heterocycles. The summed E-state index contributed by atoms with van der Waals surface area (Å²) in [5.74, 6) is 0.628. The third kappa shape index (κ3) is 5.74. The number of nitrogens with zero attached hydrogens (tertiary/aromatic N) is 2. The summed E-state index contributed by atoms with van der Waals surface area (Å²) in [6, 6.07) is 5.43. The van der Waals surface area contributed by atoms with Crippen LogP contribution in [-0.2, 0) is 0 Å². The van der Waals surface area contributed by atoms with Crippen molar-refractivity contribution in [1.82, 2.24) is 0 Å². The summed E-state index contributed by atoms with van der Waals surface area (Å²) in [6.07, 6.45) is 1.75. The molecule has 4 nitrogen and oxygen atoms in total. The maximum Gasteiger partial charge on any atom is 0.125 e. The minimum atomic E-state index is 0.175. The van der Waals surface area contributed by atoms with Crippen LogP contribution >= 0.6 is 0 Å². The minimum Gasteiger partial charge on any atom is -0.507 e. The van der Waals surface area contributed by atoms with Crippen molar-refractivity contribution in [3.05, 3.63) is 47.8 Å². The highest BCUT2D eigenvalue weighted by atomic mass is 16.3. The average molecular weight is 315 g/mol. The van der Waals surface area contributed by atoms with E-state index in [0.717, 1.165) is 11.1 Å². The fourth-order valence-electron chi connectivity index (χ4n) is 1.91. The molecule has 0 saturated heterocycles. The molecule has 0 spiro atoms. The van der Waals surface area contributed by atoms with Gasteiger partial charge in [-0.15, -0.1) is 0 Å². The van der Waals surface area contributed by atoms with Gasteiger partial charge < -0.3 is 10.8 Å². The smallest absolute Gasteiger partial charge is 0.125 e. The second-order valence-corrected chi connectivity index (χ2v) is 4.53. The molecule has 4 heteroatoms. The molecular formula is C19H29N3O. The first-order chi connectivity index (χ1) is 11.0. The zero-order valence-corrected chi connectivity index (χ0v) is 15.1. The van der Waals surface area contributed by atoms with Crippen molar-refractivity contribution < 1.29 is 5.11 Å². The Morgan fingerprint density at radius 1 is 1.22 bits per heavy atom. The monoisotopic (exact) mass is 315 g/mol. The molecule has 0 unspecified atom stereocenters. The Morgan fingerprint density at radius 3 is 2.35 bits per heavy atom. The van der Waals surface area contributed by atoms with E-state index in [4.69, 9.17) is 5.73 Å². The summed E-state index contributed by atoms with van der Waals surface area (Å²) in [5, 5.41) is 10.1. The van der Waals surface area contributed by atoms with Crippen molar-refractivity contribution in [2.45, 2.75) is 41.5 Å². The van der Waals surface area contributed by atoms with Crippen molar-refractivity contribution in [2.24, 2.45) is 15.7 Å². The van der Waals surface area contributed by atoms with Gasteiger partial charge in [-0.2, -0.15) is 0 Å². The standard InChI is InChI=1S/C15H17N3O.2C2H6/c1-9(2)11-4-5-12(13(19)8-11)15-10(3)18-14(16)6-7-17-15;2*1-2/h4-6,8,19H,1,7,16H2,2-3H3;2*1-2H3. The van der Waals surface area contributed by atoms with Crippen molar-refractivity contribution in [2.75, 3.05) is 6.54 Å². The van der Waals surface area contributed by atoms with Crippen LogP contribution in [0.25, 0.3) is 5.57 Å². The second kappa shape index (κ2) is 10.4. The van der Waals surface area contributed by atoms with Gasteiger partial charge in [0.15, 0.2) is 0 Å². The third-order valence-corrected chi connectivity index (χ3v) is 2.93. The Morgan fingerprint density at radius 2 is 1.83 bits per heavy atom. The van der Waals surface area contributed by atoms with Crippen LogP contribution in [0.4, 0.5) is 0 Å². The van der Waals surface area contributed by atoms with E-state index in [1.165, 1.54) is 0 Å². The fourth-order valence-corrected chi connectivity index (χ4v) is 1.91. The van der Waals surface area contributed by atoms with Crippen LogP contribution in [0.1, 0.15) is 52.7 Å². The number of nitrogens with two attached hydrogens (primary N) is 1. The predicted molar refractivity (Wildman–Crippen MR) is 102 cm³/mol. The SMILES string of the molecule is C=C(C)c1ccc(C2=NCC=C(N)N=C2C)c(O)c1.CC.CC. The maximum absolute atomic E-state index is 10.1. The van der Waals surface area contributed by atoms with Gasteiger partial charge in [-0.05, 0) is 37.6 Å². The molecule has 1 heterocycles. The first-order valence-electron chi connectivity index (χ1n) is 8.04. The first-order valence-corrected chi connectivity index (χ1v) is 8.04. The Bertz CT molecular complexity index is 626. The van der Waals surface area contributed by atoms with Crippen LogP contribution in [0.3, 0.4) is 0 Å². The van der Waals surface area contributed by atoms with Crippen LogP contribution in [-0.4, -0.2) is 23.1 Å². The number of rotatable bonds is 2. The fraction of sp³-hybridized carbons (Fsp3) is 0.368. The quantitative estimate of drug-likeness (QED) is 0.841. The van der Waals surface area contributed by atoms with Crippen LogP contribution in [0.2, 0.25) is 0 Å². The van der Waals surface area contributed by atoms with Crippen molar-refractivity contribution in [3.63, 3.8) is 0 Å². The van der Waals surface area contributed by atoms with E-state index in [2.05, 4.69) is 16.6 Å². The molecule has 0 aromatic heterocycles. The molecule has 23 heavy (non-hydrogen) atoms. The summed E-state index contributed by atoms with van der Waals surface area (Å²) >= 11 is 0. The minimum absolute atomic E-state index is 0.175. The molecule has 2 rings (SSSR count). The van der Waals surface area contributed by atoms with Gasteiger partial charge in [-0.3, -0.25) is 4.99 Å². The average Bonchev–Trinajstić information content (AvgIpc) is 2.71. The predicted octanol–water partition coefficient (Wildman–Crippen LogP) is 4.54. The topological polar surface area (TPSA) is 71.0 Å². The van der Waals surface area contributed by atoms with E-state index in [9.17, 15) is 5.11 Å². The van der Waals surface area contributed by atoms with Crippen LogP contribution in [0, 0.1) is 0 Å². The molecule has 0 atom stereocenters. The van der Waals surface area contributed by atoms with E-state index in [-0.39, 0.29) is 5.75 Å². The highest BCUT2D eigenvalue weighted by Gasteiger charge is 2.14. The number of allylic oxidation sites excluding steroid dienone is 1. The molecule has 0 aliphatic carbocycles. The molecule has 1 aromatic carbocycles. The molecule has 3 N–H and O–H groups in total. The van der Waals surface area contributed by atoms with Gasteiger partial charge in [0, 0.05) is 5.56 Å². The van der Waals surface area contributed by atoms with Gasteiger partial charge >= 0.3 is 0 Å². The number of benzene rings is 1. The van der Waals surface area contributed by atoms with E-state index in [0.29, 0.717) is 29.4 Å². The van der Waals surface area contributed by atoms with Crippen molar-refractivity contribution >= 4 is 17.0 Å². The maximum atomic E-state index is 10.1. The van der Waals surface area contributed by atoms with Gasteiger partial charge in [0.25, 0.3) is 0 Å². The highest BCUT2D eigenvalue weighted by Crippen LogP contribution is 2.24. The zero-order chi connectivity index (χ0) is 18.0. The number of phenolic OH excluding ortho intramolecular Hbond substituents is 1. The molecule has 0 saturated carbocycles. The largest absolute Gasteiger partial charge is 0.507 e. The number of phenols is 1. The van der Waals surface area contributed by atoms with Crippen LogP contribution in [0.15, 0.2) is 46.7 Å². The van der Waals surface area contributed by atoms with E-state index < -0.39 is 0 Å². The van der Waals surface area contributed by atoms with Crippen LogP contribution < -0.4 is 5.73 Å². The normalized spacial score (nSPS) is 13.0. The van der Waals surface area contributed by atoms with E-state index in [1.54, 1.807) is 12.1 Å². The number of aromatic hydroxyl groups is 1. The Kier molecular flexibility index (Phi) is 9.31. The molecule has 0 amide bonds. The second-order valence-electron chi connectivity index (χ2n) is 4.53. The number of hydrogen-bond acceptors (Lipinski definition) is 4. The number of hydrogen-bond donors (Lipinski definition) is 2. The van der Waals surface area contributed by atoms with Gasteiger partial charge in [0.2, 0.25) is 0 Å². The lowest BCUT2D eigenvalue weighted by atomic mass is 10.0. The number of aliphatic imine (C=N–C) groups is 2. The highest BCUT2D eigenvalue weighted by molar-refractivity contribution is 6.48. The van der Waals surface area contributed by atoms with E-state index in [1.807, 2.05) is 53.7 Å². The van der Waals surface area contributed by atoms with Gasteiger partial charge in [0.1, 0.15) is 11.6 Å². The van der Waals surface area contributed by atoms with Crippen LogP contribution in [0.5, 0.6) is 5.75 Å². The molecule has 0 bridgehead atoms. The molecule has 0 fully saturated rings. The Hall–Kier alpha value is -2.36. The first kappa shape index (κ1) is 20.6. The zero-order valence-electron chi connectivity index (χ0n) is 15.1. The van der Waals surface area contributed by atoms with E-state index >= 15 is 0 Å². The lowest BCUT2D eigenvalue weighted by Gasteiger charge is -2.09.